The Hall–Kier alpha value is -1.45. The summed E-state index contributed by atoms with van der Waals surface area (Å²) in [6.07, 6.45) is 0.529. The zero-order valence-electron chi connectivity index (χ0n) is 10.8. The van der Waals surface area contributed by atoms with Crippen molar-refractivity contribution in [1.82, 2.24) is 0 Å². The van der Waals surface area contributed by atoms with Gasteiger partial charge in [0.25, 0.3) is 0 Å². The zero-order valence-corrected chi connectivity index (χ0v) is 12.4. The van der Waals surface area contributed by atoms with Crippen LogP contribution in [0.2, 0.25) is 5.02 Å². The van der Waals surface area contributed by atoms with Crippen LogP contribution in [0.25, 0.3) is 0 Å². The van der Waals surface area contributed by atoms with Crippen LogP contribution in [0.4, 0.5) is 0 Å². The van der Waals surface area contributed by atoms with Crippen LogP contribution >= 0.6 is 23.4 Å². The summed E-state index contributed by atoms with van der Waals surface area (Å²) in [5.74, 6) is -0.134. The Morgan fingerprint density at radius 3 is 2.45 bits per heavy atom. The maximum Gasteiger partial charge on any atom is 0.316 e. The van der Waals surface area contributed by atoms with Gasteiger partial charge in [-0.05, 0) is 29.7 Å². The third-order valence-corrected chi connectivity index (χ3v) is 4.39. The second-order valence-electron chi connectivity index (χ2n) is 4.46. The summed E-state index contributed by atoms with van der Waals surface area (Å²) in [5.41, 5.74) is 2.08. The predicted octanol–water partition coefficient (Wildman–Crippen LogP) is 4.27. The lowest BCUT2D eigenvalue weighted by atomic mass is 10.1. The highest BCUT2D eigenvalue weighted by molar-refractivity contribution is 7.99. The molecule has 2 aromatic carbocycles. The number of hydrogen-bond donors (Lipinski definition) is 1. The van der Waals surface area contributed by atoms with E-state index in [-0.39, 0.29) is 0 Å². The Labute approximate surface area is 127 Å². The summed E-state index contributed by atoms with van der Waals surface area (Å²) in [6, 6.07) is 17.2. The van der Waals surface area contributed by atoms with Gasteiger partial charge in [-0.15, -0.1) is 11.8 Å². The van der Waals surface area contributed by atoms with E-state index >= 15 is 0 Å². The van der Waals surface area contributed by atoms with Gasteiger partial charge in [0, 0.05) is 10.8 Å². The van der Waals surface area contributed by atoms with Gasteiger partial charge in [0.1, 0.15) is 5.25 Å². The molecule has 2 rings (SSSR count). The molecule has 0 spiro atoms. The van der Waals surface area contributed by atoms with E-state index in [0.717, 1.165) is 11.1 Å². The van der Waals surface area contributed by atoms with E-state index < -0.39 is 11.2 Å². The molecule has 4 heteroatoms. The molecule has 0 aliphatic heterocycles. The molecule has 1 N–H and O–H groups in total. The van der Waals surface area contributed by atoms with Crippen LogP contribution in [0.5, 0.6) is 0 Å². The summed E-state index contributed by atoms with van der Waals surface area (Å²) in [5, 5.41) is 9.55. The Kier molecular flexibility index (Phi) is 5.50. The van der Waals surface area contributed by atoms with Crippen molar-refractivity contribution >= 4 is 29.3 Å². The van der Waals surface area contributed by atoms with Crippen LogP contribution < -0.4 is 0 Å². The molecule has 0 amide bonds. The molecule has 0 radical (unpaired) electrons. The summed E-state index contributed by atoms with van der Waals surface area (Å²) < 4.78 is 0. The number of rotatable bonds is 6. The minimum atomic E-state index is -0.777. The molecule has 1 atom stereocenters. The van der Waals surface area contributed by atoms with E-state index in [9.17, 15) is 9.90 Å². The average molecular weight is 307 g/mol. The molecule has 0 aromatic heterocycles. The molecule has 104 valence electrons. The van der Waals surface area contributed by atoms with Crippen LogP contribution in [-0.4, -0.2) is 16.3 Å². The van der Waals surface area contributed by atoms with Crippen molar-refractivity contribution in [2.45, 2.75) is 17.4 Å². The molecule has 0 aliphatic rings. The van der Waals surface area contributed by atoms with Crippen molar-refractivity contribution < 1.29 is 9.90 Å². The Morgan fingerprint density at radius 2 is 1.80 bits per heavy atom. The molecule has 1 unspecified atom stereocenters. The monoisotopic (exact) mass is 306 g/mol. The van der Waals surface area contributed by atoms with Crippen molar-refractivity contribution in [3.63, 3.8) is 0 Å². The Morgan fingerprint density at radius 1 is 1.10 bits per heavy atom. The third kappa shape index (κ3) is 4.58. The van der Waals surface area contributed by atoms with Gasteiger partial charge in [0.05, 0.1) is 0 Å². The van der Waals surface area contributed by atoms with Crippen molar-refractivity contribution in [2.75, 3.05) is 0 Å². The van der Waals surface area contributed by atoms with Crippen LogP contribution in [0.3, 0.4) is 0 Å². The standard InChI is InChI=1S/C16H15ClO2S/c17-14-8-4-7-13(9-14)11-20-15(16(18)19)10-12-5-2-1-3-6-12/h1-9,15H,10-11H2,(H,18,19). The van der Waals surface area contributed by atoms with E-state index in [0.29, 0.717) is 17.2 Å². The maximum atomic E-state index is 11.3. The first-order valence-electron chi connectivity index (χ1n) is 6.28. The summed E-state index contributed by atoms with van der Waals surface area (Å²) in [7, 11) is 0. The molecule has 0 aliphatic carbocycles. The summed E-state index contributed by atoms with van der Waals surface area (Å²) >= 11 is 7.35. The van der Waals surface area contributed by atoms with Gasteiger partial charge in [0.2, 0.25) is 0 Å². The molecule has 0 saturated heterocycles. The lowest BCUT2D eigenvalue weighted by Gasteiger charge is -2.12. The van der Waals surface area contributed by atoms with E-state index in [2.05, 4.69) is 0 Å². The first kappa shape index (κ1) is 14.9. The van der Waals surface area contributed by atoms with Crippen LogP contribution in [0.1, 0.15) is 11.1 Å². The fourth-order valence-corrected chi connectivity index (χ4v) is 3.11. The van der Waals surface area contributed by atoms with Crippen LogP contribution in [-0.2, 0) is 17.0 Å². The number of benzene rings is 2. The number of carboxylic acid groups (broad SMARTS) is 1. The Bertz CT molecular complexity index is 572. The quantitative estimate of drug-likeness (QED) is 0.866. The van der Waals surface area contributed by atoms with Crippen LogP contribution in [0, 0.1) is 0 Å². The number of hydrogen-bond acceptors (Lipinski definition) is 2. The van der Waals surface area contributed by atoms with Gasteiger partial charge in [-0.1, -0.05) is 54.1 Å². The average Bonchev–Trinajstić information content (AvgIpc) is 2.44. The smallest absolute Gasteiger partial charge is 0.316 e. The van der Waals surface area contributed by atoms with Crippen molar-refractivity contribution in [1.29, 1.82) is 0 Å². The van der Waals surface area contributed by atoms with Crippen molar-refractivity contribution in [3.05, 3.63) is 70.7 Å². The molecule has 0 saturated carbocycles. The van der Waals surface area contributed by atoms with Gasteiger partial charge in [0.15, 0.2) is 0 Å². The fourth-order valence-electron chi connectivity index (χ4n) is 1.87. The number of aliphatic carboxylic acids is 1. The Balaban J connectivity index is 1.98. The van der Waals surface area contributed by atoms with E-state index in [1.165, 1.54) is 11.8 Å². The molecule has 2 nitrogen and oxygen atoms in total. The second-order valence-corrected chi connectivity index (χ2v) is 6.09. The molecule has 0 heterocycles. The van der Waals surface area contributed by atoms with Crippen molar-refractivity contribution in [2.24, 2.45) is 0 Å². The lowest BCUT2D eigenvalue weighted by Crippen LogP contribution is -2.19. The molecular weight excluding hydrogens is 292 g/mol. The highest BCUT2D eigenvalue weighted by atomic mass is 35.5. The van der Waals surface area contributed by atoms with Crippen molar-refractivity contribution in [3.8, 4) is 0 Å². The van der Waals surface area contributed by atoms with Crippen LogP contribution in [0.15, 0.2) is 54.6 Å². The summed E-state index contributed by atoms with van der Waals surface area (Å²) in [6.45, 7) is 0. The van der Waals surface area contributed by atoms with Gasteiger partial charge in [-0.25, -0.2) is 0 Å². The molecule has 20 heavy (non-hydrogen) atoms. The van der Waals surface area contributed by atoms with E-state index in [1.54, 1.807) is 0 Å². The molecule has 0 bridgehead atoms. The zero-order chi connectivity index (χ0) is 14.4. The number of carboxylic acids is 1. The predicted molar refractivity (Wildman–Crippen MR) is 84.3 cm³/mol. The molecular formula is C16H15ClO2S. The second kappa shape index (κ2) is 7.36. The third-order valence-electron chi connectivity index (χ3n) is 2.88. The maximum absolute atomic E-state index is 11.3. The first-order valence-corrected chi connectivity index (χ1v) is 7.70. The highest BCUT2D eigenvalue weighted by Crippen LogP contribution is 2.23. The fraction of sp³-hybridized carbons (Fsp3) is 0.188. The summed E-state index contributed by atoms with van der Waals surface area (Å²) in [4.78, 5) is 11.3. The van der Waals surface area contributed by atoms with Gasteiger partial charge in [-0.3, -0.25) is 4.79 Å². The largest absolute Gasteiger partial charge is 0.480 e. The normalized spacial score (nSPS) is 12.1. The minimum Gasteiger partial charge on any atom is -0.480 e. The van der Waals surface area contributed by atoms with Gasteiger partial charge < -0.3 is 5.11 Å². The number of halogens is 1. The van der Waals surface area contributed by atoms with Gasteiger partial charge >= 0.3 is 5.97 Å². The van der Waals surface area contributed by atoms with E-state index in [1.807, 2.05) is 54.6 Å². The van der Waals surface area contributed by atoms with Gasteiger partial charge in [-0.2, -0.15) is 0 Å². The minimum absolute atomic E-state index is 0.448. The molecule has 0 fully saturated rings. The topological polar surface area (TPSA) is 37.3 Å². The highest BCUT2D eigenvalue weighted by Gasteiger charge is 2.18. The lowest BCUT2D eigenvalue weighted by molar-refractivity contribution is -0.136. The first-order chi connectivity index (χ1) is 9.65. The number of carbonyl (C=O) groups is 1. The molecule has 2 aromatic rings. The van der Waals surface area contributed by atoms with E-state index in [4.69, 9.17) is 11.6 Å². The number of thioether (sulfide) groups is 1. The SMILES string of the molecule is O=C(O)C(Cc1ccccc1)SCc1cccc(Cl)c1.